The Labute approximate surface area is 154 Å². The van der Waals surface area contributed by atoms with Crippen LogP contribution in [-0.2, 0) is 7.05 Å². The molecule has 3 heterocycles. The Morgan fingerprint density at radius 1 is 1.28 bits per heavy atom. The number of anilines is 1. The molecule has 1 fully saturated rings. The standard InChI is InChI=1S/C18H17ClN4OS/c1-23-17(13(10-21-23)11-3-2-4-11)18(24)22-16-8-5-12(9-20-16)14-6-7-15(19)25-14/h5-11H,2-4H2,1H3,(H,20,22,24). The van der Waals surface area contributed by atoms with Gasteiger partial charge in [0.2, 0.25) is 0 Å². The van der Waals surface area contributed by atoms with Crippen LogP contribution >= 0.6 is 22.9 Å². The molecule has 0 aromatic carbocycles. The fourth-order valence-electron chi connectivity index (χ4n) is 3.01. The molecule has 0 atom stereocenters. The highest BCUT2D eigenvalue weighted by Crippen LogP contribution is 2.38. The van der Waals surface area contributed by atoms with Gasteiger partial charge in [0.15, 0.2) is 0 Å². The average Bonchev–Trinajstić information content (AvgIpc) is 3.13. The first-order chi connectivity index (χ1) is 12.1. The van der Waals surface area contributed by atoms with Gasteiger partial charge < -0.3 is 5.32 Å². The summed E-state index contributed by atoms with van der Waals surface area (Å²) in [6.45, 7) is 0. The number of aryl methyl sites for hydroxylation is 1. The van der Waals surface area contributed by atoms with Crippen LogP contribution in [0.1, 0.15) is 41.2 Å². The fraction of sp³-hybridized carbons (Fsp3) is 0.278. The molecule has 1 aliphatic carbocycles. The van der Waals surface area contributed by atoms with E-state index in [2.05, 4.69) is 15.4 Å². The van der Waals surface area contributed by atoms with Crippen molar-refractivity contribution in [2.45, 2.75) is 25.2 Å². The second-order valence-corrected chi connectivity index (χ2v) is 7.91. The lowest BCUT2D eigenvalue weighted by Crippen LogP contribution is -2.21. The number of halogens is 1. The molecule has 3 aromatic rings. The predicted octanol–water partition coefficient (Wildman–Crippen LogP) is 4.72. The Hall–Kier alpha value is -2.18. The first-order valence-corrected chi connectivity index (χ1v) is 9.36. The summed E-state index contributed by atoms with van der Waals surface area (Å²) in [4.78, 5) is 18.1. The Balaban J connectivity index is 1.52. The van der Waals surface area contributed by atoms with Crippen LogP contribution in [0.2, 0.25) is 4.34 Å². The van der Waals surface area contributed by atoms with Gasteiger partial charge in [0.1, 0.15) is 11.5 Å². The monoisotopic (exact) mass is 372 g/mol. The number of aromatic nitrogens is 3. The number of pyridine rings is 1. The van der Waals surface area contributed by atoms with Gasteiger partial charge in [-0.3, -0.25) is 9.48 Å². The van der Waals surface area contributed by atoms with E-state index in [0.717, 1.165) is 33.2 Å². The van der Waals surface area contributed by atoms with E-state index < -0.39 is 0 Å². The van der Waals surface area contributed by atoms with Gasteiger partial charge in [-0.05, 0) is 43.0 Å². The van der Waals surface area contributed by atoms with E-state index in [1.807, 2.05) is 24.4 Å². The molecule has 1 amide bonds. The summed E-state index contributed by atoms with van der Waals surface area (Å²) >= 11 is 7.47. The zero-order valence-corrected chi connectivity index (χ0v) is 15.3. The molecule has 7 heteroatoms. The highest BCUT2D eigenvalue weighted by molar-refractivity contribution is 7.19. The fourth-order valence-corrected chi connectivity index (χ4v) is 4.04. The van der Waals surface area contributed by atoms with E-state index in [1.54, 1.807) is 24.0 Å². The van der Waals surface area contributed by atoms with Crippen LogP contribution in [-0.4, -0.2) is 20.7 Å². The van der Waals surface area contributed by atoms with Gasteiger partial charge in [0.25, 0.3) is 5.91 Å². The SMILES string of the molecule is Cn1ncc(C2CCC2)c1C(=O)Nc1ccc(-c2ccc(Cl)s2)cn1. The largest absolute Gasteiger partial charge is 0.305 e. The Kier molecular flexibility index (Phi) is 4.31. The Morgan fingerprint density at radius 2 is 2.12 bits per heavy atom. The maximum atomic E-state index is 12.7. The molecule has 0 aliphatic heterocycles. The van der Waals surface area contributed by atoms with Crippen molar-refractivity contribution in [1.29, 1.82) is 0 Å². The number of nitrogens with zero attached hydrogens (tertiary/aromatic N) is 3. The van der Waals surface area contributed by atoms with Crippen molar-refractivity contribution in [3.05, 3.63) is 52.3 Å². The third kappa shape index (κ3) is 3.19. The highest BCUT2D eigenvalue weighted by Gasteiger charge is 2.27. The first-order valence-electron chi connectivity index (χ1n) is 8.17. The van der Waals surface area contributed by atoms with Crippen LogP contribution in [0.25, 0.3) is 10.4 Å². The van der Waals surface area contributed by atoms with Gasteiger partial charge in [0, 0.05) is 29.2 Å². The van der Waals surface area contributed by atoms with E-state index in [9.17, 15) is 4.79 Å². The molecule has 128 valence electrons. The van der Waals surface area contributed by atoms with Crippen LogP contribution in [0.4, 0.5) is 5.82 Å². The minimum Gasteiger partial charge on any atom is -0.305 e. The normalized spacial score (nSPS) is 14.3. The van der Waals surface area contributed by atoms with Crippen molar-refractivity contribution in [2.75, 3.05) is 5.32 Å². The third-order valence-corrected chi connectivity index (χ3v) is 5.87. The summed E-state index contributed by atoms with van der Waals surface area (Å²) in [6.07, 6.45) is 7.03. The van der Waals surface area contributed by atoms with E-state index in [-0.39, 0.29) is 5.91 Å². The van der Waals surface area contributed by atoms with Crippen LogP contribution in [0, 0.1) is 0 Å². The van der Waals surface area contributed by atoms with Gasteiger partial charge in [-0.2, -0.15) is 5.10 Å². The van der Waals surface area contributed by atoms with Crippen molar-refractivity contribution in [3.63, 3.8) is 0 Å². The Bertz CT molecular complexity index is 912. The molecule has 25 heavy (non-hydrogen) atoms. The lowest BCUT2D eigenvalue weighted by Gasteiger charge is -2.25. The average molecular weight is 373 g/mol. The highest BCUT2D eigenvalue weighted by atomic mass is 35.5. The van der Waals surface area contributed by atoms with E-state index >= 15 is 0 Å². The summed E-state index contributed by atoms with van der Waals surface area (Å²) in [5, 5.41) is 7.14. The van der Waals surface area contributed by atoms with Gasteiger partial charge in [-0.25, -0.2) is 4.98 Å². The predicted molar refractivity (Wildman–Crippen MR) is 100 cm³/mol. The third-order valence-electron chi connectivity index (χ3n) is 4.59. The van der Waals surface area contributed by atoms with Crippen LogP contribution < -0.4 is 5.32 Å². The maximum absolute atomic E-state index is 12.7. The topological polar surface area (TPSA) is 59.8 Å². The summed E-state index contributed by atoms with van der Waals surface area (Å²) in [6, 6.07) is 7.56. The van der Waals surface area contributed by atoms with Gasteiger partial charge in [-0.15, -0.1) is 11.3 Å². The number of carbonyl (C=O) groups is 1. The summed E-state index contributed by atoms with van der Waals surface area (Å²) in [5.41, 5.74) is 2.64. The van der Waals surface area contributed by atoms with Gasteiger partial charge >= 0.3 is 0 Å². The van der Waals surface area contributed by atoms with E-state index in [4.69, 9.17) is 11.6 Å². The number of rotatable bonds is 4. The zero-order valence-electron chi connectivity index (χ0n) is 13.7. The van der Waals surface area contributed by atoms with Crippen LogP contribution in [0.15, 0.2) is 36.7 Å². The van der Waals surface area contributed by atoms with Crippen molar-refractivity contribution in [3.8, 4) is 10.4 Å². The van der Waals surface area contributed by atoms with Crippen molar-refractivity contribution < 1.29 is 4.79 Å². The number of carbonyl (C=O) groups excluding carboxylic acids is 1. The molecule has 1 aliphatic rings. The lowest BCUT2D eigenvalue weighted by atomic mass is 9.80. The number of thiophene rings is 1. The van der Waals surface area contributed by atoms with E-state index in [1.165, 1.54) is 17.8 Å². The summed E-state index contributed by atoms with van der Waals surface area (Å²) in [5.74, 6) is 0.812. The second-order valence-electron chi connectivity index (χ2n) is 6.19. The minimum absolute atomic E-state index is 0.165. The van der Waals surface area contributed by atoms with E-state index in [0.29, 0.717) is 17.4 Å². The smallest absolute Gasteiger partial charge is 0.275 e. The molecule has 0 bridgehead atoms. The van der Waals surface area contributed by atoms with Crippen LogP contribution in [0.3, 0.4) is 0 Å². The summed E-state index contributed by atoms with van der Waals surface area (Å²) < 4.78 is 2.39. The molecule has 1 N–H and O–H groups in total. The zero-order chi connectivity index (χ0) is 17.4. The molecule has 4 rings (SSSR count). The molecular formula is C18H17ClN4OS. The van der Waals surface area contributed by atoms with Crippen molar-refractivity contribution >= 4 is 34.7 Å². The van der Waals surface area contributed by atoms with Crippen molar-refractivity contribution in [2.24, 2.45) is 7.05 Å². The molecule has 1 saturated carbocycles. The Morgan fingerprint density at radius 3 is 2.72 bits per heavy atom. The number of hydrogen-bond donors (Lipinski definition) is 1. The van der Waals surface area contributed by atoms with Crippen LogP contribution in [0.5, 0.6) is 0 Å². The summed E-state index contributed by atoms with van der Waals surface area (Å²) in [7, 11) is 1.80. The van der Waals surface area contributed by atoms with Gasteiger partial charge in [-0.1, -0.05) is 18.0 Å². The number of nitrogens with one attached hydrogen (secondary N) is 1. The van der Waals surface area contributed by atoms with Gasteiger partial charge in [0.05, 0.1) is 10.5 Å². The quantitative estimate of drug-likeness (QED) is 0.721. The number of hydrogen-bond acceptors (Lipinski definition) is 4. The maximum Gasteiger partial charge on any atom is 0.275 e. The molecule has 0 unspecified atom stereocenters. The van der Waals surface area contributed by atoms with Crippen molar-refractivity contribution in [1.82, 2.24) is 14.8 Å². The molecule has 3 aromatic heterocycles. The lowest BCUT2D eigenvalue weighted by molar-refractivity contribution is 0.101. The first kappa shape index (κ1) is 16.3. The number of amides is 1. The second kappa shape index (κ2) is 6.61. The molecule has 0 radical (unpaired) electrons. The molecule has 5 nitrogen and oxygen atoms in total. The molecular weight excluding hydrogens is 356 g/mol. The molecule has 0 spiro atoms. The molecule has 0 saturated heterocycles. The minimum atomic E-state index is -0.165.